The number of aromatic nitrogens is 1. The van der Waals surface area contributed by atoms with Crippen molar-refractivity contribution in [3.05, 3.63) is 16.1 Å². The first-order valence-corrected chi connectivity index (χ1v) is 6.22. The molecule has 1 aromatic heterocycles. The van der Waals surface area contributed by atoms with Crippen molar-refractivity contribution in [2.24, 2.45) is 0 Å². The van der Waals surface area contributed by atoms with Crippen LogP contribution in [0.5, 0.6) is 0 Å². The zero-order chi connectivity index (χ0) is 13.0. The molecule has 94 valence electrons. The Hall–Kier alpha value is -1.43. The number of aliphatic carboxylic acids is 1. The van der Waals surface area contributed by atoms with Crippen LogP contribution in [0.3, 0.4) is 0 Å². The Kier molecular flexibility index (Phi) is 4.62. The maximum Gasteiger partial charge on any atom is 0.305 e. The molecule has 1 heterocycles. The van der Waals surface area contributed by atoms with E-state index in [0.29, 0.717) is 11.4 Å². The SMILES string of the molecule is CCN(C(=O)c1cnc(C)s1)C(C)CC(=O)O. The van der Waals surface area contributed by atoms with Gasteiger partial charge in [0, 0.05) is 12.6 Å². The van der Waals surface area contributed by atoms with E-state index in [1.165, 1.54) is 11.3 Å². The van der Waals surface area contributed by atoms with Crippen LogP contribution in [-0.2, 0) is 4.79 Å². The first-order chi connectivity index (χ1) is 7.95. The van der Waals surface area contributed by atoms with Gasteiger partial charge in [-0.2, -0.15) is 0 Å². The molecule has 0 aromatic carbocycles. The Bertz CT molecular complexity index is 417. The number of hydrogen-bond donors (Lipinski definition) is 1. The molecule has 0 radical (unpaired) electrons. The molecule has 17 heavy (non-hydrogen) atoms. The van der Waals surface area contributed by atoms with Crippen LogP contribution in [0.4, 0.5) is 0 Å². The van der Waals surface area contributed by atoms with Crippen molar-refractivity contribution in [3.63, 3.8) is 0 Å². The lowest BCUT2D eigenvalue weighted by Gasteiger charge is -2.26. The van der Waals surface area contributed by atoms with Gasteiger partial charge in [-0.05, 0) is 20.8 Å². The van der Waals surface area contributed by atoms with Crippen molar-refractivity contribution in [3.8, 4) is 0 Å². The number of hydrogen-bond acceptors (Lipinski definition) is 4. The summed E-state index contributed by atoms with van der Waals surface area (Å²) in [5, 5.41) is 9.57. The lowest BCUT2D eigenvalue weighted by molar-refractivity contribution is -0.138. The predicted molar refractivity (Wildman–Crippen MR) is 65.3 cm³/mol. The van der Waals surface area contributed by atoms with Gasteiger partial charge in [-0.3, -0.25) is 9.59 Å². The summed E-state index contributed by atoms with van der Waals surface area (Å²) in [5.41, 5.74) is 0. The number of carboxylic acids is 1. The van der Waals surface area contributed by atoms with E-state index in [0.717, 1.165) is 5.01 Å². The molecule has 1 rings (SSSR count). The molecule has 1 amide bonds. The molecular weight excluding hydrogens is 240 g/mol. The summed E-state index contributed by atoms with van der Waals surface area (Å²) in [7, 11) is 0. The van der Waals surface area contributed by atoms with Crippen LogP contribution >= 0.6 is 11.3 Å². The fourth-order valence-corrected chi connectivity index (χ4v) is 2.35. The van der Waals surface area contributed by atoms with Crippen molar-refractivity contribution >= 4 is 23.2 Å². The van der Waals surface area contributed by atoms with E-state index in [4.69, 9.17) is 5.11 Å². The molecule has 0 saturated heterocycles. The highest BCUT2D eigenvalue weighted by Crippen LogP contribution is 2.16. The lowest BCUT2D eigenvalue weighted by Crippen LogP contribution is -2.39. The molecule has 6 heteroatoms. The van der Waals surface area contributed by atoms with Crippen LogP contribution in [0.1, 0.15) is 34.9 Å². The molecule has 0 spiro atoms. The first-order valence-electron chi connectivity index (χ1n) is 5.40. The summed E-state index contributed by atoms with van der Waals surface area (Å²) in [5.74, 6) is -1.05. The van der Waals surface area contributed by atoms with Crippen molar-refractivity contribution < 1.29 is 14.7 Å². The number of carboxylic acid groups (broad SMARTS) is 1. The highest BCUT2D eigenvalue weighted by molar-refractivity contribution is 7.13. The number of aryl methyl sites for hydroxylation is 1. The molecular formula is C11H16N2O3S. The summed E-state index contributed by atoms with van der Waals surface area (Å²) >= 11 is 1.33. The fourth-order valence-electron chi connectivity index (χ4n) is 1.62. The summed E-state index contributed by atoms with van der Waals surface area (Å²) in [6, 6.07) is -0.313. The van der Waals surface area contributed by atoms with Gasteiger partial charge in [0.25, 0.3) is 5.91 Å². The average molecular weight is 256 g/mol. The van der Waals surface area contributed by atoms with E-state index in [9.17, 15) is 9.59 Å². The second-order valence-corrected chi connectivity index (χ2v) is 5.02. The van der Waals surface area contributed by atoms with E-state index >= 15 is 0 Å². The van der Waals surface area contributed by atoms with Crippen LogP contribution in [0.2, 0.25) is 0 Å². The number of carbonyl (C=O) groups is 2. The number of nitrogens with zero attached hydrogens (tertiary/aromatic N) is 2. The van der Waals surface area contributed by atoms with E-state index < -0.39 is 5.97 Å². The second kappa shape index (κ2) is 5.77. The van der Waals surface area contributed by atoms with E-state index in [1.54, 1.807) is 18.0 Å². The predicted octanol–water partition coefficient (Wildman–Crippen LogP) is 1.78. The molecule has 1 aromatic rings. The molecule has 0 aliphatic rings. The lowest BCUT2D eigenvalue weighted by atomic mass is 10.2. The summed E-state index contributed by atoms with van der Waals surface area (Å²) in [6.45, 7) is 5.90. The van der Waals surface area contributed by atoms with Gasteiger partial charge in [0.05, 0.1) is 17.6 Å². The molecule has 0 bridgehead atoms. The van der Waals surface area contributed by atoms with Gasteiger partial charge in [-0.15, -0.1) is 11.3 Å². The topological polar surface area (TPSA) is 70.5 Å². The summed E-state index contributed by atoms with van der Waals surface area (Å²) in [4.78, 5) is 28.9. The zero-order valence-electron chi connectivity index (χ0n) is 10.1. The molecule has 1 atom stereocenters. The van der Waals surface area contributed by atoms with Gasteiger partial charge >= 0.3 is 5.97 Å². The molecule has 5 nitrogen and oxygen atoms in total. The molecule has 0 saturated carbocycles. The van der Waals surface area contributed by atoms with Crippen molar-refractivity contribution in [1.29, 1.82) is 0 Å². The molecule has 0 aliphatic carbocycles. The van der Waals surface area contributed by atoms with Gasteiger partial charge in [-0.25, -0.2) is 4.98 Å². The third-order valence-electron chi connectivity index (χ3n) is 2.44. The monoisotopic (exact) mass is 256 g/mol. The van der Waals surface area contributed by atoms with Crippen molar-refractivity contribution in [2.75, 3.05) is 6.54 Å². The largest absolute Gasteiger partial charge is 0.481 e. The molecule has 1 unspecified atom stereocenters. The third kappa shape index (κ3) is 3.52. The smallest absolute Gasteiger partial charge is 0.305 e. The van der Waals surface area contributed by atoms with Crippen LogP contribution in [0.15, 0.2) is 6.20 Å². The Morgan fingerprint density at radius 1 is 1.59 bits per heavy atom. The van der Waals surface area contributed by atoms with E-state index in [-0.39, 0.29) is 18.4 Å². The maximum atomic E-state index is 12.1. The standard InChI is InChI=1S/C11H16N2O3S/c1-4-13(7(2)5-10(14)15)11(16)9-6-12-8(3)17-9/h6-7H,4-5H2,1-3H3,(H,14,15). The number of carbonyl (C=O) groups excluding carboxylic acids is 1. The summed E-state index contributed by atoms with van der Waals surface area (Å²) < 4.78 is 0. The van der Waals surface area contributed by atoms with Crippen molar-refractivity contribution in [1.82, 2.24) is 9.88 Å². The van der Waals surface area contributed by atoms with E-state index in [1.807, 2.05) is 13.8 Å². The Morgan fingerprint density at radius 2 is 2.24 bits per heavy atom. The van der Waals surface area contributed by atoms with E-state index in [2.05, 4.69) is 4.98 Å². The molecule has 0 fully saturated rings. The van der Waals surface area contributed by atoms with Crippen LogP contribution < -0.4 is 0 Å². The fraction of sp³-hybridized carbons (Fsp3) is 0.545. The van der Waals surface area contributed by atoms with Gasteiger partial charge in [0.15, 0.2) is 0 Å². The normalized spacial score (nSPS) is 12.2. The number of thiazole rings is 1. The Morgan fingerprint density at radius 3 is 2.65 bits per heavy atom. The second-order valence-electron chi connectivity index (χ2n) is 3.78. The highest BCUT2D eigenvalue weighted by Gasteiger charge is 2.23. The van der Waals surface area contributed by atoms with Gasteiger partial charge < -0.3 is 10.0 Å². The Labute approximate surface area is 104 Å². The minimum Gasteiger partial charge on any atom is -0.481 e. The highest BCUT2D eigenvalue weighted by atomic mass is 32.1. The molecule has 0 aliphatic heterocycles. The summed E-state index contributed by atoms with van der Waals surface area (Å²) in [6.07, 6.45) is 1.50. The zero-order valence-corrected chi connectivity index (χ0v) is 11.0. The Balaban J connectivity index is 2.80. The first kappa shape index (κ1) is 13.6. The van der Waals surface area contributed by atoms with Gasteiger partial charge in [0.2, 0.25) is 0 Å². The van der Waals surface area contributed by atoms with Gasteiger partial charge in [-0.1, -0.05) is 0 Å². The van der Waals surface area contributed by atoms with Crippen LogP contribution in [0, 0.1) is 6.92 Å². The maximum absolute atomic E-state index is 12.1. The van der Waals surface area contributed by atoms with Crippen LogP contribution in [-0.4, -0.2) is 39.5 Å². The number of rotatable bonds is 5. The van der Waals surface area contributed by atoms with Crippen LogP contribution in [0.25, 0.3) is 0 Å². The molecule has 1 N–H and O–H groups in total. The minimum atomic E-state index is -0.899. The minimum absolute atomic E-state index is 0.0443. The van der Waals surface area contributed by atoms with Gasteiger partial charge in [0.1, 0.15) is 4.88 Å². The van der Waals surface area contributed by atoms with Crippen molar-refractivity contribution in [2.45, 2.75) is 33.2 Å². The quantitative estimate of drug-likeness (QED) is 0.871. The number of amides is 1. The third-order valence-corrected chi connectivity index (χ3v) is 3.34. The average Bonchev–Trinajstić information content (AvgIpc) is 2.64.